The van der Waals surface area contributed by atoms with E-state index in [1.165, 1.54) is 24.5 Å². The molecule has 4 aromatic heterocycles. The summed E-state index contributed by atoms with van der Waals surface area (Å²) in [6, 6.07) is 13.9. The lowest BCUT2D eigenvalue weighted by Crippen LogP contribution is -2.28. The fourth-order valence-corrected chi connectivity index (χ4v) is 2.83. The summed E-state index contributed by atoms with van der Waals surface area (Å²) in [4.78, 5) is 63.7. The van der Waals surface area contributed by atoms with Crippen molar-refractivity contribution in [3.05, 3.63) is 107 Å². The van der Waals surface area contributed by atoms with Crippen molar-refractivity contribution in [2.75, 3.05) is 0 Å². The second kappa shape index (κ2) is 21.5. The molecule has 2 unspecified atom stereocenters. The molecule has 0 aliphatic carbocycles. The minimum atomic E-state index is -1.14. The highest BCUT2D eigenvalue weighted by molar-refractivity contribution is 6.97. The van der Waals surface area contributed by atoms with Gasteiger partial charge in [-0.3, -0.25) is 24.4 Å². The van der Waals surface area contributed by atoms with Gasteiger partial charge in [0, 0.05) is 30.8 Å². The molecular weight excluding hydrogens is 658 g/mol. The number of nitrogens with zero attached hydrogens (tertiary/aromatic N) is 6. The number of nitrogens with two attached hydrogens (primary N) is 1. The maximum absolute atomic E-state index is 11.9. The SMILES string of the molecule is C.CC(N)c1ccccn1.CC(NC(=O)c1ccnc(Cl)n1)c1ccccn1.O=C(Cl)C(=O)Cl.O=C(O)c1ccnc(Cl)n1. The molecule has 0 saturated carbocycles. The number of nitrogens with one attached hydrogen (secondary N) is 1. The highest BCUT2D eigenvalue weighted by atomic mass is 35.5. The molecule has 17 heteroatoms. The van der Waals surface area contributed by atoms with E-state index in [0.717, 1.165) is 11.4 Å². The molecular formula is C27H28Cl4N8O5. The standard InChI is InChI=1S/C12H11ClN4O.C7H10N2.C5H3ClN2O2.C2Cl2O2.CH4/c1-8(9-4-2-3-6-14-9)16-11(18)10-5-7-15-12(13)17-10;1-6(8)7-4-2-3-5-9-7;6-5-7-2-1-3(8-5)4(9)10;3-1(5)2(4)6;/h2-8H,1H3,(H,16,18);2-6H,8H2,1H3;1-2H,(H,9,10);;1H4. The Kier molecular flexibility index (Phi) is 19.5. The summed E-state index contributed by atoms with van der Waals surface area (Å²) in [6.45, 7) is 3.77. The van der Waals surface area contributed by atoms with E-state index in [2.05, 4.69) is 58.4 Å². The van der Waals surface area contributed by atoms with E-state index >= 15 is 0 Å². The van der Waals surface area contributed by atoms with Crippen LogP contribution in [0.5, 0.6) is 0 Å². The summed E-state index contributed by atoms with van der Waals surface area (Å²) in [6.07, 6.45) is 6.16. The number of hydrogen-bond donors (Lipinski definition) is 3. The van der Waals surface area contributed by atoms with Crippen LogP contribution in [0.2, 0.25) is 10.6 Å². The molecule has 4 aromatic rings. The minimum Gasteiger partial charge on any atom is -0.477 e. The van der Waals surface area contributed by atoms with Crippen molar-refractivity contribution in [3.8, 4) is 0 Å². The number of aromatic nitrogens is 6. The molecule has 234 valence electrons. The molecule has 0 bridgehead atoms. The maximum Gasteiger partial charge on any atom is 0.354 e. The number of carbonyl (C=O) groups excluding carboxylic acids is 3. The Morgan fingerprint density at radius 2 is 1.18 bits per heavy atom. The second-order valence-corrected chi connectivity index (χ2v) is 9.13. The molecule has 4 heterocycles. The van der Waals surface area contributed by atoms with E-state index in [9.17, 15) is 19.2 Å². The van der Waals surface area contributed by atoms with E-state index in [-0.39, 0.29) is 47.4 Å². The molecule has 2 atom stereocenters. The van der Waals surface area contributed by atoms with E-state index in [1.54, 1.807) is 12.4 Å². The van der Waals surface area contributed by atoms with Crippen molar-refractivity contribution in [1.29, 1.82) is 0 Å². The largest absolute Gasteiger partial charge is 0.477 e. The second-order valence-electron chi connectivity index (χ2n) is 7.77. The Bertz CT molecular complexity index is 1470. The van der Waals surface area contributed by atoms with E-state index < -0.39 is 16.5 Å². The van der Waals surface area contributed by atoms with Crippen LogP contribution in [-0.2, 0) is 9.59 Å². The van der Waals surface area contributed by atoms with Crippen LogP contribution in [0.1, 0.15) is 65.7 Å². The van der Waals surface area contributed by atoms with Crippen LogP contribution in [0.15, 0.2) is 73.3 Å². The summed E-state index contributed by atoms with van der Waals surface area (Å²) in [7, 11) is 0. The Balaban J connectivity index is 0.000000608. The van der Waals surface area contributed by atoms with Crippen LogP contribution in [0, 0.1) is 0 Å². The summed E-state index contributed by atoms with van der Waals surface area (Å²) in [5, 5.41) is 8.86. The number of pyridine rings is 2. The lowest BCUT2D eigenvalue weighted by atomic mass is 10.2. The molecule has 1 amide bonds. The minimum absolute atomic E-state index is 0. The van der Waals surface area contributed by atoms with Gasteiger partial charge < -0.3 is 16.2 Å². The first-order valence-electron chi connectivity index (χ1n) is 11.8. The lowest BCUT2D eigenvalue weighted by Gasteiger charge is -2.12. The smallest absolute Gasteiger partial charge is 0.354 e. The molecule has 0 spiro atoms. The third-order valence-corrected chi connectivity index (χ3v) is 5.30. The summed E-state index contributed by atoms with van der Waals surface area (Å²) >= 11 is 19.9. The van der Waals surface area contributed by atoms with Crippen molar-refractivity contribution in [3.63, 3.8) is 0 Å². The number of amides is 1. The monoisotopic (exact) mass is 684 g/mol. The predicted molar refractivity (Wildman–Crippen MR) is 166 cm³/mol. The summed E-state index contributed by atoms with van der Waals surface area (Å²) < 4.78 is 0. The molecule has 0 aromatic carbocycles. The first-order chi connectivity index (χ1) is 20.3. The van der Waals surface area contributed by atoms with Crippen molar-refractivity contribution >= 4 is 68.8 Å². The molecule has 13 nitrogen and oxygen atoms in total. The molecule has 0 aliphatic heterocycles. The molecule has 4 rings (SSSR count). The average Bonchev–Trinajstić information content (AvgIpc) is 2.99. The highest BCUT2D eigenvalue weighted by Crippen LogP contribution is 2.09. The molecule has 0 saturated heterocycles. The van der Waals surface area contributed by atoms with Gasteiger partial charge in [-0.25, -0.2) is 24.7 Å². The van der Waals surface area contributed by atoms with Gasteiger partial charge in [-0.05, 0) is 96.6 Å². The highest BCUT2D eigenvalue weighted by Gasteiger charge is 2.13. The molecule has 4 N–H and O–H groups in total. The fraction of sp³-hybridized carbons (Fsp3) is 0.185. The molecule has 44 heavy (non-hydrogen) atoms. The predicted octanol–water partition coefficient (Wildman–Crippen LogP) is 5.10. The lowest BCUT2D eigenvalue weighted by molar-refractivity contribution is -0.127. The number of rotatable bonds is 6. The van der Waals surface area contributed by atoms with E-state index in [1.807, 2.05) is 50.2 Å². The van der Waals surface area contributed by atoms with Crippen LogP contribution in [-0.4, -0.2) is 57.4 Å². The topological polar surface area (TPSA) is 204 Å². The number of carboxylic acids is 1. The van der Waals surface area contributed by atoms with Gasteiger partial charge in [0.15, 0.2) is 5.69 Å². The third kappa shape index (κ3) is 16.5. The summed E-state index contributed by atoms with van der Waals surface area (Å²) in [5.41, 5.74) is 7.41. The van der Waals surface area contributed by atoms with Crippen molar-refractivity contribution in [2.45, 2.75) is 33.4 Å². The molecule has 0 fully saturated rings. The molecule has 0 aliphatic rings. The van der Waals surface area contributed by atoms with Crippen LogP contribution in [0.3, 0.4) is 0 Å². The van der Waals surface area contributed by atoms with Crippen molar-refractivity contribution < 1.29 is 24.3 Å². The Morgan fingerprint density at radius 1 is 0.727 bits per heavy atom. The zero-order chi connectivity index (χ0) is 32.4. The summed E-state index contributed by atoms with van der Waals surface area (Å²) in [5.74, 6) is -1.42. The first-order valence-corrected chi connectivity index (χ1v) is 13.3. The van der Waals surface area contributed by atoms with Crippen molar-refractivity contribution in [1.82, 2.24) is 35.2 Å². The Morgan fingerprint density at radius 3 is 1.52 bits per heavy atom. The maximum atomic E-state index is 11.9. The van der Waals surface area contributed by atoms with E-state index in [4.69, 9.17) is 34.0 Å². The van der Waals surface area contributed by atoms with Crippen LogP contribution >= 0.6 is 46.4 Å². The van der Waals surface area contributed by atoms with Gasteiger partial charge in [-0.2, -0.15) is 0 Å². The van der Waals surface area contributed by atoms with Gasteiger partial charge in [0.25, 0.3) is 5.91 Å². The number of hydrogen-bond acceptors (Lipinski definition) is 11. The first kappa shape index (κ1) is 39.9. The van der Waals surface area contributed by atoms with Crippen molar-refractivity contribution in [2.24, 2.45) is 5.73 Å². The van der Waals surface area contributed by atoms with E-state index in [0.29, 0.717) is 0 Å². The number of carbonyl (C=O) groups is 4. The average molecular weight is 686 g/mol. The van der Waals surface area contributed by atoms with Gasteiger partial charge in [0.1, 0.15) is 5.69 Å². The van der Waals surface area contributed by atoms with Gasteiger partial charge >= 0.3 is 16.5 Å². The Labute approximate surface area is 273 Å². The zero-order valence-electron chi connectivity index (χ0n) is 22.4. The van der Waals surface area contributed by atoms with Crippen LogP contribution in [0.4, 0.5) is 0 Å². The Hall–Kier alpha value is -4.14. The van der Waals surface area contributed by atoms with Gasteiger partial charge in [0.05, 0.1) is 17.4 Å². The van der Waals surface area contributed by atoms with Gasteiger partial charge in [-0.1, -0.05) is 19.6 Å². The third-order valence-electron chi connectivity index (χ3n) is 4.49. The van der Waals surface area contributed by atoms with Crippen LogP contribution in [0.25, 0.3) is 0 Å². The van der Waals surface area contributed by atoms with Gasteiger partial charge in [-0.15, -0.1) is 0 Å². The number of halogens is 4. The number of aromatic carboxylic acids is 1. The quantitative estimate of drug-likeness (QED) is 0.138. The zero-order valence-corrected chi connectivity index (χ0v) is 25.5. The molecule has 0 radical (unpaired) electrons. The normalized spacial score (nSPS) is 10.7. The fourth-order valence-electron chi connectivity index (χ4n) is 2.54. The number of carboxylic acid groups (broad SMARTS) is 1. The van der Waals surface area contributed by atoms with Gasteiger partial charge in [0.2, 0.25) is 10.6 Å². The van der Waals surface area contributed by atoms with Crippen LogP contribution < -0.4 is 11.1 Å².